The van der Waals surface area contributed by atoms with Crippen LogP contribution in [0.2, 0.25) is 5.02 Å². The lowest BCUT2D eigenvalue weighted by molar-refractivity contribution is 0.590. The maximum atomic E-state index is 6.34. The van der Waals surface area contributed by atoms with Gasteiger partial charge in [0.25, 0.3) is 0 Å². The number of hydrogen-bond donors (Lipinski definition) is 0. The van der Waals surface area contributed by atoms with Crippen molar-refractivity contribution in [3.63, 3.8) is 0 Å². The van der Waals surface area contributed by atoms with Gasteiger partial charge < -0.3 is 4.57 Å². The summed E-state index contributed by atoms with van der Waals surface area (Å²) in [6.45, 7) is 6.74. The molecule has 0 bridgehead atoms. The number of para-hydroxylation sites is 1. The molecule has 0 aliphatic carbocycles. The van der Waals surface area contributed by atoms with E-state index in [0.29, 0.717) is 0 Å². The van der Waals surface area contributed by atoms with Crippen LogP contribution in [0.15, 0.2) is 91.0 Å². The van der Waals surface area contributed by atoms with Crippen molar-refractivity contribution >= 4 is 33.4 Å². The van der Waals surface area contributed by atoms with Crippen LogP contribution in [0.1, 0.15) is 26.3 Å². The number of fused-ring (bicyclic) bond motifs is 3. The van der Waals surface area contributed by atoms with Crippen molar-refractivity contribution in [3.05, 3.63) is 102 Å². The number of hydrogen-bond acceptors (Lipinski definition) is 0. The van der Waals surface area contributed by atoms with Crippen LogP contribution in [-0.2, 0) is 5.41 Å². The molecule has 2 heteroatoms. The molecular formula is C28H24ClN. The third-order valence-electron chi connectivity index (χ3n) is 5.83. The van der Waals surface area contributed by atoms with Gasteiger partial charge in [-0.15, -0.1) is 0 Å². The fourth-order valence-electron chi connectivity index (χ4n) is 4.19. The molecule has 0 atom stereocenters. The first-order valence-electron chi connectivity index (χ1n) is 10.3. The molecule has 0 N–H and O–H groups in total. The number of rotatable bonds is 2. The van der Waals surface area contributed by atoms with Gasteiger partial charge in [-0.05, 0) is 58.5 Å². The summed E-state index contributed by atoms with van der Waals surface area (Å²) in [5.74, 6) is 0. The Bertz CT molecular complexity index is 1350. The Balaban J connectivity index is 1.75. The summed E-state index contributed by atoms with van der Waals surface area (Å²) in [7, 11) is 0. The van der Waals surface area contributed by atoms with E-state index in [1.165, 1.54) is 38.5 Å². The van der Waals surface area contributed by atoms with E-state index in [4.69, 9.17) is 11.6 Å². The number of benzene rings is 4. The predicted octanol–water partition coefficient (Wildman–Crippen LogP) is 8.40. The van der Waals surface area contributed by atoms with E-state index in [2.05, 4.69) is 110 Å². The van der Waals surface area contributed by atoms with Crippen molar-refractivity contribution in [1.82, 2.24) is 4.57 Å². The average molecular weight is 410 g/mol. The van der Waals surface area contributed by atoms with Gasteiger partial charge in [0.1, 0.15) is 0 Å². The quantitative estimate of drug-likeness (QED) is 0.276. The fourth-order valence-corrected chi connectivity index (χ4v) is 4.36. The van der Waals surface area contributed by atoms with Crippen LogP contribution < -0.4 is 0 Å². The summed E-state index contributed by atoms with van der Waals surface area (Å²) in [4.78, 5) is 0. The molecule has 1 nitrogen and oxygen atoms in total. The van der Waals surface area contributed by atoms with Crippen LogP contribution >= 0.6 is 11.6 Å². The van der Waals surface area contributed by atoms with Gasteiger partial charge in [0.2, 0.25) is 0 Å². The monoisotopic (exact) mass is 409 g/mol. The number of nitrogens with zero attached hydrogens (tertiary/aromatic N) is 1. The zero-order valence-electron chi connectivity index (χ0n) is 17.5. The van der Waals surface area contributed by atoms with Crippen LogP contribution in [0.3, 0.4) is 0 Å². The van der Waals surface area contributed by atoms with Crippen molar-refractivity contribution in [3.8, 4) is 16.8 Å². The first kappa shape index (κ1) is 19.0. The van der Waals surface area contributed by atoms with Crippen molar-refractivity contribution in [1.29, 1.82) is 0 Å². The topological polar surface area (TPSA) is 4.93 Å². The van der Waals surface area contributed by atoms with Gasteiger partial charge in [0.05, 0.1) is 11.0 Å². The van der Waals surface area contributed by atoms with E-state index in [-0.39, 0.29) is 5.41 Å². The van der Waals surface area contributed by atoms with Crippen LogP contribution in [0.25, 0.3) is 38.6 Å². The molecule has 30 heavy (non-hydrogen) atoms. The summed E-state index contributed by atoms with van der Waals surface area (Å²) in [6.07, 6.45) is 0. The summed E-state index contributed by atoms with van der Waals surface area (Å²) in [5, 5.41) is 3.15. The smallest absolute Gasteiger partial charge is 0.0547 e. The highest BCUT2D eigenvalue weighted by Gasteiger charge is 2.15. The van der Waals surface area contributed by atoms with Crippen molar-refractivity contribution in [2.45, 2.75) is 26.2 Å². The molecule has 4 aromatic carbocycles. The lowest BCUT2D eigenvalue weighted by Gasteiger charge is -2.19. The zero-order valence-corrected chi connectivity index (χ0v) is 18.2. The molecule has 0 unspecified atom stereocenters. The van der Waals surface area contributed by atoms with Gasteiger partial charge in [-0.1, -0.05) is 87.0 Å². The Morgan fingerprint density at radius 3 is 2.03 bits per heavy atom. The Hall–Kier alpha value is -3.03. The van der Waals surface area contributed by atoms with Gasteiger partial charge in [-0.2, -0.15) is 0 Å². The molecule has 0 radical (unpaired) electrons. The van der Waals surface area contributed by atoms with E-state index < -0.39 is 0 Å². The van der Waals surface area contributed by atoms with Crippen molar-refractivity contribution < 1.29 is 0 Å². The van der Waals surface area contributed by atoms with E-state index in [1.54, 1.807) is 0 Å². The standard InChI is InChI=1S/C28H24ClN/c1-28(2,3)21-12-9-19(10-13-21)20-11-15-24-25-18-22(29)14-16-26(25)30(27(24)17-20)23-7-5-4-6-8-23/h4-18H,1-3H3. The van der Waals surface area contributed by atoms with Crippen LogP contribution in [-0.4, -0.2) is 4.57 Å². The second-order valence-electron chi connectivity index (χ2n) is 8.89. The predicted molar refractivity (Wildman–Crippen MR) is 130 cm³/mol. The minimum absolute atomic E-state index is 0.154. The molecule has 5 aromatic rings. The van der Waals surface area contributed by atoms with Crippen molar-refractivity contribution in [2.24, 2.45) is 0 Å². The lowest BCUT2D eigenvalue weighted by atomic mass is 9.86. The minimum atomic E-state index is 0.154. The Morgan fingerprint density at radius 1 is 0.633 bits per heavy atom. The Kier molecular flexibility index (Phi) is 4.45. The summed E-state index contributed by atoms with van der Waals surface area (Å²) >= 11 is 6.34. The van der Waals surface area contributed by atoms with Crippen LogP contribution in [0, 0.1) is 0 Å². The second kappa shape index (κ2) is 7.04. The third-order valence-corrected chi connectivity index (χ3v) is 6.06. The molecule has 0 spiro atoms. The molecule has 0 saturated heterocycles. The highest BCUT2D eigenvalue weighted by Crippen LogP contribution is 2.36. The van der Waals surface area contributed by atoms with E-state index >= 15 is 0 Å². The molecule has 0 amide bonds. The maximum Gasteiger partial charge on any atom is 0.0547 e. The first-order valence-corrected chi connectivity index (χ1v) is 10.7. The summed E-state index contributed by atoms with van der Waals surface area (Å²) < 4.78 is 2.33. The molecular weight excluding hydrogens is 386 g/mol. The third kappa shape index (κ3) is 3.20. The van der Waals surface area contributed by atoms with Gasteiger partial charge in [-0.25, -0.2) is 0 Å². The largest absolute Gasteiger partial charge is 0.309 e. The van der Waals surface area contributed by atoms with Gasteiger partial charge in [0.15, 0.2) is 0 Å². The first-order chi connectivity index (χ1) is 14.4. The average Bonchev–Trinajstić information content (AvgIpc) is 3.06. The van der Waals surface area contributed by atoms with Gasteiger partial charge in [0, 0.05) is 21.5 Å². The number of aromatic nitrogens is 1. The Labute approximate surface area is 182 Å². The van der Waals surface area contributed by atoms with Crippen LogP contribution in [0.4, 0.5) is 0 Å². The molecule has 0 aliphatic heterocycles. The summed E-state index contributed by atoms with van der Waals surface area (Å²) in [5.41, 5.74) is 7.46. The Morgan fingerprint density at radius 2 is 1.33 bits per heavy atom. The molecule has 0 fully saturated rings. The van der Waals surface area contributed by atoms with Gasteiger partial charge >= 0.3 is 0 Å². The molecule has 1 heterocycles. The molecule has 5 rings (SSSR count). The second-order valence-corrected chi connectivity index (χ2v) is 9.33. The van der Waals surface area contributed by atoms with Crippen LogP contribution in [0.5, 0.6) is 0 Å². The normalized spacial score (nSPS) is 12.0. The SMILES string of the molecule is CC(C)(C)c1ccc(-c2ccc3c4cc(Cl)ccc4n(-c4ccccc4)c3c2)cc1. The molecule has 1 aromatic heterocycles. The highest BCUT2D eigenvalue weighted by molar-refractivity contribution is 6.32. The fraction of sp³-hybridized carbons (Fsp3) is 0.143. The lowest BCUT2D eigenvalue weighted by Crippen LogP contribution is -2.10. The van der Waals surface area contributed by atoms with E-state index in [1.807, 2.05) is 6.07 Å². The molecule has 0 aliphatic rings. The molecule has 0 saturated carbocycles. The van der Waals surface area contributed by atoms with E-state index in [9.17, 15) is 0 Å². The minimum Gasteiger partial charge on any atom is -0.309 e. The van der Waals surface area contributed by atoms with E-state index in [0.717, 1.165) is 10.7 Å². The maximum absolute atomic E-state index is 6.34. The number of halogens is 1. The zero-order chi connectivity index (χ0) is 20.9. The van der Waals surface area contributed by atoms with Gasteiger partial charge in [-0.3, -0.25) is 0 Å². The highest BCUT2D eigenvalue weighted by atomic mass is 35.5. The summed E-state index contributed by atoms with van der Waals surface area (Å²) in [6, 6.07) is 32.3. The van der Waals surface area contributed by atoms with Crippen molar-refractivity contribution in [2.75, 3.05) is 0 Å². The molecule has 148 valence electrons.